The van der Waals surface area contributed by atoms with Crippen molar-refractivity contribution >= 4 is 5.78 Å². The highest BCUT2D eigenvalue weighted by Gasteiger charge is 2.16. The summed E-state index contributed by atoms with van der Waals surface area (Å²) in [4.78, 5) is 11.5. The lowest BCUT2D eigenvalue weighted by Crippen LogP contribution is -1.96. The van der Waals surface area contributed by atoms with Crippen molar-refractivity contribution in [2.24, 2.45) is 0 Å². The number of phenols is 1. The molecule has 68 valence electrons. The van der Waals surface area contributed by atoms with Crippen LogP contribution in [-0.4, -0.2) is 17.5 Å². The largest absolute Gasteiger partial charge is 0.508 e. The summed E-state index contributed by atoms with van der Waals surface area (Å²) in [7, 11) is 0. The van der Waals surface area contributed by atoms with Crippen molar-refractivity contribution in [1.29, 1.82) is 0 Å². The number of ether oxygens (including phenoxy) is 1. The van der Waals surface area contributed by atoms with Crippen molar-refractivity contribution in [3.63, 3.8) is 0 Å². The summed E-state index contributed by atoms with van der Waals surface area (Å²) in [5, 5.41) is 9.19. The summed E-state index contributed by atoms with van der Waals surface area (Å²) in [6, 6.07) is 4.62. The Morgan fingerprint density at radius 2 is 2.23 bits per heavy atom. The smallest absolute Gasteiger partial charge is 0.166 e. The summed E-state index contributed by atoms with van der Waals surface area (Å²) >= 11 is 0. The number of carbonyl (C=O) groups excluding carboxylic acids is 1. The molecule has 3 nitrogen and oxygen atoms in total. The van der Waals surface area contributed by atoms with Crippen LogP contribution < -0.4 is 4.74 Å². The molecule has 0 saturated heterocycles. The van der Waals surface area contributed by atoms with E-state index < -0.39 is 0 Å². The number of aromatic hydroxyl groups is 1. The van der Waals surface area contributed by atoms with E-state index in [4.69, 9.17) is 4.74 Å². The Labute approximate surface area is 76.0 Å². The van der Waals surface area contributed by atoms with Gasteiger partial charge in [0.2, 0.25) is 0 Å². The Morgan fingerprint density at radius 3 is 3.08 bits per heavy atom. The van der Waals surface area contributed by atoms with Gasteiger partial charge in [-0.25, -0.2) is 0 Å². The molecule has 1 N–H and O–H groups in total. The van der Waals surface area contributed by atoms with Gasteiger partial charge in [-0.1, -0.05) is 0 Å². The van der Waals surface area contributed by atoms with Gasteiger partial charge in [-0.05, 0) is 24.6 Å². The van der Waals surface area contributed by atoms with Crippen LogP contribution in [0.1, 0.15) is 23.2 Å². The lowest BCUT2D eigenvalue weighted by molar-refractivity contribution is 0.0983. The Balaban J connectivity index is 2.49. The van der Waals surface area contributed by atoms with Crippen molar-refractivity contribution in [2.75, 3.05) is 6.61 Å². The van der Waals surface area contributed by atoms with Gasteiger partial charge in [0.1, 0.15) is 11.5 Å². The third kappa shape index (κ3) is 1.49. The van der Waals surface area contributed by atoms with E-state index >= 15 is 0 Å². The maximum Gasteiger partial charge on any atom is 0.166 e. The highest BCUT2D eigenvalue weighted by Crippen LogP contribution is 2.27. The Morgan fingerprint density at radius 1 is 1.38 bits per heavy atom. The van der Waals surface area contributed by atoms with Crippen molar-refractivity contribution in [3.8, 4) is 11.5 Å². The SMILES string of the molecule is O=C1CCCOc2ccc(O)cc21. The average molecular weight is 178 g/mol. The predicted molar refractivity (Wildman–Crippen MR) is 47.2 cm³/mol. The maximum absolute atomic E-state index is 11.5. The highest BCUT2D eigenvalue weighted by molar-refractivity contribution is 5.99. The molecule has 0 unspecified atom stereocenters. The minimum Gasteiger partial charge on any atom is -0.508 e. The van der Waals surface area contributed by atoms with E-state index in [1.54, 1.807) is 6.07 Å². The first-order valence-electron chi connectivity index (χ1n) is 4.26. The molecule has 1 aromatic carbocycles. The molecule has 1 aromatic rings. The van der Waals surface area contributed by atoms with Crippen LogP contribution in [0.5, 0.6) is 11.5 Å². The topological polar surface area (TPSA) is 46.5 Å². The van der Waals surface area contributed by atoms with E-state index in [2.05, 4.69) is 0 Å². The van der Waals surface area contributed by atoms with Crippen LogP contribution >= 0.6 is 0 Å². The molecular weight excluding hydrogens is 168 g/mol. The van der Waals surface area contributed by atoms with Gasteiger partial charge in [0.05, 0.1) is 12.2 Å². The third-order valence-electron chi connectivity index (χ3n) is 2.07. The lowest BCUT2D eigenvalue weighted by Gasteiger charge is -2.05. The summed E-state index contributed by atoms with van der Waals surface area (Å²) in [6.45, 7) is 0.573. The fraction of sp³-hybridized carbons (Fsp3) is 0.300. The van der Waals surface area contributed by atoms with Crippen molar-refractivity contribution in [1.82, 2.24) is 0 Å². The van der Waals surface area contributed by atoms with Gasteiger partial charge < -0.3 is 9.84 Å². The standard InChI is InChI=1S/C10H10O3/c11-7-3-4-10-8(6-7)9(12)2-1-5-13-10/h3-4,6,11H,1-2,5H2. The zero-order valence-electron chi connectivity index (χ0n) is 7.12. The zero-order valence-corrected chi connectivity index (χ0v) is 7.12. The number of carbonyl (C=O) groups is 1. The molecular formula is C10H10O3. The number of phenolic OH excluding ortho intramolecular Hbond substituents is 1. The first-order valence-corrected chi connectivity index (χ1v) is 4.26. The van der Waals surface area contributed by atoms with Crippen LogP contribution in [0.25, 0.3) is 0 Å². The van der Waals surface area contributed by atoms with E-state index in [9.17, 15) is 9.90 Å². The van der Waals surface area contributed by atoms with Crippen LogP contribution in [0.3, 0.4) is 0 Å². The second-order valence-corrected chi connectivity index (χ2v) is 3.06. The molecule has 1 aliphatic rings. The molecule has 0 atom stereocenters. The Kier molecular flexibility index (Phi) is 1.93. The maximum atomic E-state index is 11.5. The molecule has 1 aliphatic heterocycles. The minimum atomic E-state index is 0.0448. The molecule has 3 heteroatoms. The first-order chi connectivity index (χ1) is 6.27. The van der Waals surface area contributed by atoms with Crippen molar-refractivity contribution < 1.29 is 14.6 Å². The van der Waals surface area contributed by atoms with Crippen LogP contribution in [0.15, 0.2) is 18.2 Å². The molecule has 0 saturated carbocycles. The van der Waals surface area contributed by atoms with E-state index in [0.717, 1.165) is 6.42 Å². The molecule has 0 bridgehead atoms. The Hall–Kier alpha value is -1.51. The number of Topliss-reactive ketones (excluding diaryl/α,β-unsaturated/α-hetero) is 1. The van der Waals surface area contributed by atoms with Gasteiger partial charge in [-0.3, -0.25) is 4.79 Å². The van der Waals surface area contributed by atoms with E-state index in [0.29, 0.717) is 24.3 Å². The first kappa shape index (κ1) is 8.10. The molecule has 0 spiro atoms. The van der Waals surface area contributed by atoms with Gasteiger partial charge in [0.25, 0.3) is 0 Å². The van der Waals surface area contributed by atoms with Gasteiger partial charge in [0, 0.05) is 6.42 Å². The summed E-state index contributed by atoms with van der Waals surface area (Å²) in [6.07, 6.45) is 1.24. The fourth-order valence-corrected chi connectivity index (χ4v) is 1.41. The molecule has 1 heterocycles. The van der Waals surface area contributed by atoms with Crippen molar-refractivity contribution in [3.05, 3.63) is 23.8 Å². The monoisotopic (exact) mass is 178 g/mol. The molecule has 0 aliphatic carbocycles. The van der Waals surface area contributed by atoms with Gasteiger partial charge >= 0.3 is 0 Å². The van der Waals surface area contributed by atoms with E-state index in [1.165, 1.54) is 12.1 Å². The minimum absolute atomic E-state index is 0.0448. The molecule has 0 amide bonds. The second kappa shape index (κ2) is 3.09. The molecule has 0 fully saturated rings. The number of benzene rings is 1. The fourth-order valence-electron chi connectivity index (χ4n) is 1.41. The molecule has 0 aromatic heterocycles. The van der Waals surface area contributed by atoms with Crippen LogP contribution in [0.2, 0.25) is 0 Å². The number of fused-ring (bicyclic) bond motifs is 1. The lowest BCUT2D eigenvalue weighted by atomic mass is 10.1. The van der Waals surface area contributed by atoms with Crippen molar-refractivity contribution in [2.45, 2.75) is 12.8 Å². The average Bonchev–Trinajstić information content (AvgIpc) is 2.29. The highest BCUT2D eigenvalue weighted by atomic mass is 16.5. The van der Waals surface area contributed by atoms with Gasteiger partial charge in [-0.15, -0.1) is 0 Å². The second-order valence-electron chi connectivity index (χ2n) is 3.06. The van der Waals surface area contributed by atoms with Gasteiger partial charge in [0.15, 0.2) is 5.78 Å². The van der Waals surface area contributed by atoms with Crippen LogP contribution in [0, 0.1) is 0 Å². The predicted octanol–water partition coefficient (Wildman–Crippen LogP) is 1.75. The van der Waals surface area contributed by atoms with Crippen LogP contribution in [0.4, 0.5) is 0 Å². The zero-order chi connectivity index (χ0) is 9.26. The summed E-state index contributed by atoms with van der Waals surface area (Å²) in [5.74, 6) is 0.737. The number of hydrogen-bond donors (Lipinski definition) is 1. The summed E-state index contributed by atoms with van der Waals surface area (Å²) in [5.41, 5.74) is 0.498. The van der Waals surface area contributed by atoms with E-state index in [1.807, 2.05) is 0 Å². The molecule has 2 rings (SSSR count). The third-order valence-corrected chi connectivity index (χ3v) is 2.07. The number of hydrogen-bond acceptors (Lipinski definition) is 3. The quantitative estimate of drug-likeness (QED) is 0.658. The molecule has 0 radical (unpaired) electrons. The number of ketones is 1. The number of rotatable bonds is 0. The summed E-state index contributed by atoms with van der Waals surface area (Å²) < 4.78 is 5.34. The molecule has 13 heavy (non-hydrogen) atoms. The normalized spacial score (nSPS) is 15.8. The van der Waals surface area contributed by atoms with Gasteiger partial charge in [-0.2, -0.15) is 0 Å². The van der Waals surface area contributed by atoms with Crippen LogP contribution in [-0.2, 0) is 0 Å². The Bertz CT molecular complexity index is 344. The van der Waals surface area contributed by atoms with E-state index in [-0.39, 0.29) is 11.5 Å².